The number of nitrogens with zero attached hydrogens (tertiary/aromatic N) is 2. The van der Waals surface area contributed by atoms with Crippen LogP contribution in [0, 0.1) is 0 Å². The second-order valence-corrected chi connectivity index (χ2v) is 2.77. The molecule has 0 saturated carbocycles. The molecule has 1 unspecified atom stereocenters. The van der Waals surface area contributed by atoms with Gasteiger partial charge in [-0.3, -0.25) is 4.79 Å². The highest BCUT2D eigenvalue weighted by Gasteiger charge is 2.16. The Morgan fingerprint density at radius 3 is 2.93 bits per heavy atom. The zero-order chi connectivity index (χ0) is 10.6. The van der Waals surface area contributed by atoms with Crippen molar-refractivity contribution in [3.8, 4) is 0 Å². The summed E-state index contributed by atoms with van der Waals surface area (Å²) in [4.78, 5) is 11.3. The van der Waals surface area contributed by atoms with Gasteiger partial charge < -0.3 is 16.2 Å². The van der Waals surface area contributed by atoms with E-state index >= 15 is 0 Å². The highest BCUT2D eigenvalue weighted by molar-refractivity contribution is 5.95. The van der Waals surface area contributed by atoms with E-state index in [2.05, 4.69) is 20.3 Å². The monoisotopic (exact) mass is 200 g/mol. The van der Waals surface area contributed by atoms with Gasteiger partial charge in [-0.25, -0.2) is 4.63 Å². The van der Waals surface area contributed by atoms with E-state index < -0.39 is 12.0 Å². The van der Waals surface area contributed by atoms with Crippen LogP contribution in [0.1, 0.15) is 23.8 Å². The fraction of sp³-hybridized carbons (Fsp3) is 0.571. The van der Waals surface area contributed by atoms with Crippen molar-refractivity contribution in [2.24, 2.45) is 0 Å². The number of aliphatic hydroxyl groups excluding tert-OH is 1. The third-order valence-electron chi connectivity index (χ3n) is 1.70. The molecule has 1 rings (SSSR count). The molecule has 0 bridgehead atoms. The standard InChI is InChI=1S/C7H12N4O3/c1-2-4(12)3-9-7(13)5-6(8)11-14-10-5/h4,12H,2-3H2,1H3,(H2,8,11)(H,9,13). The molecule has 0 radical (unpaired) electrons. The number of aliphatic hydroxyl groups is 1. The van der Waals surface area contributed by atoms with Gasteiger partial charge in [0.2, 0.25) is 11.5 Å². The fourth-order valence-electron chi connectivity index (χ4n) is 0.792. The van der Waals surface area contributed by atoms with Crippen LogP contribution in [0.15, 0.2) is 4.63 Å². The van der Waals surface area contributed by atoms with Gasteiger partial charge in [-0.1, -0.05) is 6.92 Å². The van der Waals surface area contributed by atoms with Crippen LogP contribution in [-0.4, -0.2) is 34.0 Å². The third kappa shape index (κ3) is 2.43. The third-order valence-corrected chi connectivity index (χ3v) is 1.70. The topological polar surface area (TPSA) is 114 Å². The van der Waals surface area contributed by atoms with Crippen molar-refractivity contribution in [2.45, 2.75) is 19.4 Å². The van der Waals surface area contributed by atoms with Crippen LogP contribution in [0.4, 0.5) is 5.82 Å². The van der Waals surface area contributed by atoms with Gasteiger partial charge in [0, 0.05) is 6.54 Å². The van der Waals surface area contributed by atoms with Crippen molar-refractivity contribution in [3.05, 3.63) is 5.69 Å². The summed E-state index contributed by atoms with van der Waals surface area (Å²) in [7, 11) is 0. The van der Waals surface area contributed by atoms with Gasteiger partial charge in [0.1, 0.15) is 0 Å². The van der Waals surface area contributed by atoms with Gasteiger partial charge in [-0.15, -0.1) is 0 Å². The van der Waals surface area contributed by atoms with E-state index in [1.165, 1.54) is 0 Å². The molecular weight excluding hydrogens is 188 g/mol. The molecule has 0 aromatic carbocycles. The van der Waals surface area contributed by atoms with E-state index in [9.17, 15) is 4.79 Å². The Kier molecular flexibility index (Phi) is 3.41. The maximum atomic E-state index is 11.3. The maximum absolute atomic E-state index is 11.3. The van der Waals surface area contributed by atoms with E-state index in [4.69, 9.17) is 10.8 Å². The number of anilines is 1. The minimum Gasteiger partial charge on any atom is -0.391 e. The van der Waals surface area contributed by atoms with Crippen molar-refractivity contribution in [3.63, 3.8) is 0 Å². The molecule has 7 nitrogen and oxygen atoms in total. The molecule has 7 heteroatoms. The van der Waals surface area contributed by atoms with Crippen molar-refractivity contribution in [2.75, 3.05) is 12.3 Å². The lowest BCUT2D eigenvalue weighted by Crippen LogP contribution is -2.32. The summed E-state index contributed by atoms with van der Waals surface area (Å²) in [6, 6.07) is 0. The number of hydrogen-bond donors (Lipinski definition) is 3. The average Bonchev–Trinajstić information content (AvgIpc) is 2.60. The number of rotatable bonds is 4. The summed E-state index contributed by atoms with van der Waals surface area (Å²) in [5.74, 6) is -0.565. The molecule has 1 amide bonds. The Morgan fingerprint density at radius 1 is 1.71 bits per heavy atom. The zero-order valence-electron chi connectivity index (χ0n) is 7.73. The lowest BCUT2D eigenvalue weighted by molar-refractivity contribution is 0.0905. The van der Waals surface area contributed by atoms with Gasteiger partial charge in [-0.05, 0) is 16.7 Å². The van der Waals surface area contributed by atoms with Crippen molar-refractivity contribution in [1.29, 1.82) is 0 Å². The van der Waals surface area contributed by atoms with E-state index in [1.54, 1.807) is 0 Å². The smallest absolute Gasteiger partial charge is 0.277 e. The van der Waals surface area contributed by atoms with E-state index in [1.807, 2.05) is 6.92 Å². The molecule has 14 heavy (non-hydrogen) atoms. The van der Waals surface area contributed by atoms with Crippen molar-refractivity contribution < 1.29 is 14.5 Å². The first-order valence-corrected chi connectivity index (χ1v) is 4.19. The van der Waals surface area contributed by atoms with Crippen LogP contribution in [-0.2, 0) is 0 Å². The molecule has 1 aromatic heterocycles. The van der Waals surface area contributed by atoms with E-state index in [0.29, 0.717) is 6.42 Å². The summed E-state index contributed by atoms with van der Waals surface area (Å²) in [5, 5.41) is 18.2. The Balaban J connectivity index is 2.47. The Labute approximate surface area is 80.2 Å². The first kappa shape index (κ1) is 10.5. The highest BCUT2D eigenvalue weighted by Crippen LogP contribution is 2.03. The van der Waals surface area contributed by atoms with Gasteiger partial charge in [0.25, 0.3) is 5.91 Å². The van der Waals surface area contributed by atoms with Crippen LogP contribution in [0.5, 0.6) is 0 Å². The maximum Gasteiger partial charge on any atom is 0.277 e. The van der Waals surface area contributed by atoms with Gasteiger partial charge in [-0.2, -0.15) is 0 Å². The minimum absolute atomic E-state index is 0.0616. The minimum atomic E-state index is -0.569. The van der Waals surface area contributed by atoms with Crippen LogP contribution < -0.4 is 11.1 Å². The average molecular weight is 200 g/mol. The highest BCUT2D eigenvalue weighted by atomic mass is 16.6. The lowest BCUT2D eigenvalue weighted by Gasteiger charge is -2.07. The summed E-state index contributed by atoms with van der Waals surface area (Å²) in [5.41, 5.74) is 5.23. The van der Waals surface area contributed by atoms with Crippen LogP contribution in [0.25, 0.3) is 0 Å². The fourth-order valence-corrected chi connectivity index (χ4v) is 0.792. The number of nitrogen functional groups attached to an aromatic ring is 1. The Hall–Kier alpha value is -1.63. The second kappa shape index (κ2) is 4.56. The van der Waals surface area contributed by atoms with Crippen molar-refractivity contribution in [1.82, 2.24) is 15.6 Å². The number of carbonyl (C=O) groups is 1. The van der Waals surface area contributed by atoms with E-state index in [0.717, 1.165) is 0 Å². The number of nitrogens with two attached hydrogens (primary N) is 1. The van der Waals surface area contributed by atoms with E-state index in [-0.39, 0.29) is 18.1 Å². The number of hydrogen-bond acceptors (Lipinski definition) is 6. The first-order chi connectivity index (χ1) is 6.65. The molecular formula is C7H12N4O3. The SMILES string of the molecule is CCC(O)CNC(=O)c1nonc1N. The Morgan fingerprint density at radius 2 is 2.43 bits per heavy atom. The summed E-state index contributed by atoms with van der Waals surface area (Å²) in [6.45, 7) is 1.96. The molecule has 0 saturated heterocycles. The molecule has 78 valence electrons. The summed E-state index contributed by atoms with van der Waals surface area (Å²) >= 11 is 0. The number of aromatic nitrogens is 2. The zero-order valence-corrected chi connectivity index (χ0v) is 7.73. The summed E-state index contributed by atoms with van der Waals surface area (Å²) in [6.07, 6.45) is -0.00708. The molecule has 0 aliphatic rings. The molecule has 1 atom stereocenters. The molecule has 1 heterocycles. The normalized spacial score (nSPS) is 12.4. The number of carbonyl (C=O) groups excluding carboxylic acids is 1. The Bertz CT molecular complexity index is 312. The summed E-state index contributed by atoms with van der Waals surface area (Å²) < 4.78 is 4.25. The molecule has 4 N–H and O–H groups in total. The number of amides is 1. The first-order valence-electron chi connectivity index (χ1n) is 4.19. The predicted molar refractivity (Wildman–Crippen MR) is 47.3 cm³/mol. The van der Waals surface area contributed by atoms with Crippen molar-refractivity contribution >= 4 is 11.7 Å². The van der Waals surface area contributed by atoms with Gasteiger partial charge >= 0.3 is 0 Å². The van der Waals surface area contributed by atoms with Crippen LogP contribution in [0.3, 0.4) is 0 Å². The number of nitrogens with one attached hydrogen (secondary N) is 1. The quantitative estimate of drug-likeness (QED) is 0.583. The molecule has 0 aliphatic carbocycles. The lowest BCUT2D eigenvalue weighted by atomic mass is 10.3. The van der Waals surface area contributed by atoms with Gasteiger partial charge in [0.05, 0.1) is 6.10 Å². The second-order valence-electron chi connectivity index (χ2n) is 2.77. The van der Waals surface area contributed by atoms with Crippen LogP contribution in [0.2, 0.25) is 0 Å². The molecule has 0 spiro atoms. The van der Waals surface area contributed by atoms with Crippen LogP contribution >= 0.6 is 0 Å². The molecule has 0 fully saturated rings. The molecule has 1 aromatic rings. The van der Waals surface area contributed by atoms with Gasteiger partial charge in [0.15, 0.2) is 0 Å². The predicted octanol–water partition coefficient (Wildman–Crippen LogP) is -0.848. The molecule has 0 aliphatic heterocycles. The largest absolute Gasteiger partial charge is 0.391 e.